The summed E-state index contributed by atoms with van der Waals surface area (Å²) >= 11 is 0. The first-order valence-electron chi connectivity index (χ1n) is 9.52. The Morgan fingerprint density at radius 2 is 1.42 bits per heavy atom. The van der Waals surface area contributed by atoms with Crippen LogP contribution < -0.4 is 21.2 Å². The molecule has 0 bridgehead atoms. The van der Waals surface area contributed by atoms with E-state index in [0.717, 1.165) is 0 Å². The predicted molar refractivity (Wildman–Crippen MR) is 116 cm³/mol. The van der Waals surface area contributed by atoms with E-state index in [1.165, 1.54) is 40.0 Å². The Hall–Kier alpha value is -2.11. The van der Waals surface area contributed by atoms with E-state index in [-0.39, 0.29) is 0 Å². The van der Waals surface area contributed by atoms with Crippen molar-refractivity contribution in [3.63, 3.8) is 0 Å². The highest BCUT2D eigenvalue weighted by Crippen LogP contribution is 2.39. The molecule has 3 aromatic carbocycles. The molecule has 0 fully saturated rings. The van der Waals surface area contributed by atoms with Gasteiger partial charge < -0.3 is 5.32 Å². The number of fused-ring (bicyclic) bond motifs is 1. The van der Waals surface area contributed by atoms with E-state index in [9.17, 15) is 0 Å². The zero-order chi connectivity index (χ0) is 17.9. The predicted octanol–water partition coefficient (Wildman–Crippen LogP) is 4.83. The van der Waals surface area contributed by atoms with E-state index < -0.39 is 7.92 Å². The number of hydrogen-bond donors (Lipinski definition) is 1. The van der Waals surface area contributed by atoms with Crippen molar-refractivity contribution in [3.05, 3.63) is 84.4 Å². The molecule has 1 N–H and O–H groups in total. The van der Waals surface area contributed by atoms with Crippen molar-refractivity contribution in [1.82, 2.24) is 0 Å². The minimum absolute atomic E-state index is 0.561. The van der Waals surface area contributed by atoms with Gasteiger partial charge in [-0.2, -0.15) is 0 Å². The largest absolute Gasteiger partial charge is 0.381 e. The van der Waals surface area contributed by atoms with E-state index in [2.05, 4.69) is 98.0 Å². The topological polar surface area (TPSA) is 12.0 Å². The molecule has 0 radical (unpaired) electrons. The fourth-order valence-corrected chi connectivity index (χ4v) is 6.26. The van der Waals surface area contributed by atoms with E-state index in [1.54, 1.807) is 0 Å². The Morgan fingerprint density at radius 1 is 0.808 bits per heavy atom. The highest BCUT2D eigenvalue weighted by Gasteiger charge is 2.26. The third kappa shape index (κ3) is 3.41. The van der Waals surface area contributed by atoms with E-state index in [1.807, 2.05) is 0 Å². The van der Waals surface area contributed by atoms with Crippen LogP contribution >= 0.6 is 7.92 Å². The Balaban J connectivity index is 1.85. The summed E-state index contributed by atoms with van der Waals surface area (Å²) in [5.74, 6) is 0.649. The van der Waals surface area contributed by atoms with Crippen molar-refractivity contribution in [3.8, 4) is 0 Å². The lowest BCUT2D eigenvalue weighted by atomic mass is 9.91. The van der Waals surface area contributed by atoms with Crippen LogP contribution in [0.1, 0.15) is 25.8 Å². The molecule has 1 unspecified atom stereocenters. The molecule has 4 rings (SSSR count). The summed E-state index contributed by atoms with van der Waals surface area (Å²) in [6, 6.07) is 29.4. The first-order valence-corrected chi connectivity index (χ1v) is 10.9. The Morgan fingerprint density at radius 3 is 2.00 bits per heavy atom. The quantitative estimate of drug-likeness (QED) is 0.658. The molecule has 1 aliphatic heterocycles. The maximum Gasteiger partial charge on any atom is 0.0459 e. The lowest BCUT2D eigenvalue weighted by Gasteiger charge is -2.33. The first-order chi connectivity index (χ1) is 12.7. The summed E-state index contributed by atoms with van der Waals surface area (Å²) in [5.41, 5.74) is 2.86. The molecule has 0 spiro atoms. The molecule has 1 heterocycles. The van der Waals surface area contributed by atoms with Gasteiger partial charge >= 0.3 is 0 Å². The van der Waals surface area contributed by atoms with Gasteiger partial charge in [-0.1, -0.05) is 92.7 Å². The van der Waals surface area contributed by atoms with Crippen LogP contribution in [0.4, 0.5) is 5.69 Å². The molecule has 0 aromatic heterocycles. The fraction of sp³-hybridized carbons (Fsp3) is 0.250. The van der Waals surface area contributed by atoms with Gasteiger partial charge in [-0.3, -0.25) is 0 Å². The summed E-state index contributed by atoms with van der Waals surface area (Å²) < 4.78 is 0. The van der Waals surface area contributed by atoms with E-state index in [4.69, 9.17) is 0 Å². The number of hydrogen-bond acceptors (Lipinski definition) is 1. The second-order valence-corrected chi connectivity index (χ2v) is 9.54. The van der Waals surface area contributed by atoms with Gasteiger partial charge in [-0.05, 0) is 42.9 Å². The maximum atomic E-state index is 3.90. The summed E-state index contributed by atoms with van der Waals surface area (Å²) in [5, 5.41) is 8.18. The molecule has 1 atom stereocenters. The number of anilines is 1. The van der Waals surface area contributed by atoms with E-state index >= 15 is 0 Å². The lowest BCUT2D eigenvalue weighted by molar-refractivity contribution is 0.483. The first kappa shape index (κ1) is 17.3. The van der Waals surface area contributed by atoms with Crippen molar-refractivity contribution < 1.29 is 0 Å². The molecule has 3 aromatic rings. The average Bonchev–Trinajstić information content (AvgIpc) is 2.69. The van der Waals surface area contributed by atoms with Crippen molar-refractivity contribution in [2.75, 3.05) is 5.32 Å². The van der Waals surface area contributed by atoms with Gasteiger partial charge in [0.2, 0.25) is 0 Å². The number of benzene rings is 3. The smallest absolute Gasteiger partial charge is 0.0459 e. The molecule has 0 amide bonds. The van der Waals surface area contributed by atoms with Crippen LogP contribution in [0.2, 0.25) is 0 Å². The summed E-state index contributed by atoms with van der Waals surface area (Å²) in [6.45, 7) is 4.64. The second-order valence-electron chi connectivity index (χ2n) is 7.35. The molecule has 2 heteroatoms. The van der Waals surface area contributed by atoms with Crippen LogP contribution in [0, 0.1) is 5.92 Å². The molecule has 26 heavy (non-hydrogen) atoms. The Bertz CT molecular complexity index is 818. The van der Waals surface area contributed by atoms with Gasteiger partial charge in [-0.25, -0.2) is 0 Å². The second kappa shape index (κ2) is 7.64. The molecular weight excluding hydrogens is 333 g/mol. The fourth-order valence-electron chi connectivity index (χ4n) is 3.80. The minimum atomic E-state index is -0.561. The Kier molecular flexibility index (Phi) is 5.09. The zero-order valence-corrected chi connectivity index (χ0v) is 16.4. The number of nitrogens with one attached hydrogen (secondary N) is 1. The van der Waals surface area contributed by atoms with E-state index in [0.29, 0.717) is 12.0 Å². The standard InChI is InChI=1S/C24H26NP/c1-18(2)22-17-16-19-10-9-15-23(24(19)25-22)26(20-11-5-3-6-12-20)21-13-7-4-8-14-21/h3-15,18,22,25H,16-17H2,1-2H3. The number of aryl methyl sites for hydroxylation is 1. The van der Waals surface area contributed by atoms with Gasteiger partial charge in [-0.15, -0.1) is 0 Å². The van der Waals surface area contributed by atoms with Crippen LogP contribution in [0.5, 0.6) is 0 Å². The van der Waals surface area contributed by atoms with Crippen LogP contribution in [-0.2, 0) is 6.42 Å². The molecular formula is C24H26NP. The molecule has 1 nitrogen and oxygen atoms in total. The van der Waals surface area contributed by atoms with Gasteiger partial charge in [0.1, 0.15) is 0 Å². The number of rotatable bonds is 4. The molecule has 0 aliphatic carbocycles. The molecule has 0 saturated carbocycles. The van der Waals surface area contributed by atoms with Gasteiger partial charge in [0.05, 0.1) is 0 Å². The van der Waals surface area contributed by atoms with Crippen LogP contribution in [0.3, 0.4) is 0 Å². The average molecular weight is 359 g/mol. The third-order valence-electron chi connectivity index (χ3n) is 5.26. The molecule has 1 aliphatic rings. The van der Waals surface area contributed by atoms with Crippen molar-refractivity contribution in [2.24, 2.45) is 5.92 Å². The molecule has 0 saturated heterocycles. The highest BCUT2D eigenvalue weighted by molar-refractivity contribution is 7.80. The third-order valence-corrected chi connectivity index (χ3v) is 7.74. The normalized spacial score (nSPS) is 16.4. The van der Waals surface area contributed by atoms with Crippen LogP contribution in [-0.4, -0.2) is 6.04 Å². The zero-order valence-electron chi connectivity index (χ0n) is 15.5. The van der Waals surface area contributed by atoms with Crippen molar-refractivity contribution in [1.29, 1.82) is 0 Å². The van der Waals surface area contributed by atoms with Gasteiger partial charge in [0, 0.05) is 17.0 Å². The maximum absolute atomic E-state index is 3.90. The van der Waals surface area contributed by atoms with Crippen molar-refractivity contribution >= 4 is 29.5 Å². The summed E-state index contributed by atoms with van der Waals surface area (Å²) in [6.07, 6.45) is 2.40. The SMILES string of the molecule is CC(C)C1CCc2cccc(P(c3ccccc3)c3ccccc3)c2N1. The lowest BCUT2D eigenvalue weighted by Crippen LogP contribution is -2.34. The van der Waals surface area contributed by atoms with Crippen LogP contribution in [0.15, 0.2) is 78.9 Å². The van der Waals surface area contributed by atoms with Crippen LogP contribution in [0.25, 0.3) is 0 Å². The van der Waals surface area contributed by atoms with Gasteiger partial charge in [0.15, 0.2) is 0 Å². The number of para-hydroxylation sites is 1. The molecule has 132 valence electrons. The summed E-state index contributed by atoms with van der Waals surface area (Å²) in [7, 11) is -0.561. The summed E-state index contributed by atoms with van der Waals surface area (Å²) in [4.78, 5) is 0. The van der Waals surface area contributed by atoms with Gasteiger partial charge in [0.25, 0.3) is 0 Å². The monoisotopic (exact) mass is 359 g/mol. The highest BCUT2D eigenvalue weighted by atomic mass is 31.1. The van der Waals surface area contributed by atoms with Crippen molar-refractivity contribution in [2.45, 2.75) is 32.7 Å². The minimum Gasteiger partial charge on any atom is -0.381 e. The Labute approximate surface area is 158 Å².